The summed E-state index contributed by atoms with van der Waals surface area (Å²) in [6, 6.07) is 4.09. The summed E-state index contributed by atoms with van der Waals surface area (Å²) in [5.41, 5.74) is 0.0461. The van der Waals surface area contributed by atoms with Crippen molar-refractivity contribution in [2.24, 2.45) is 0 Å². The maximum absolute atomic E-state index is 12.7. The number of benzene rings is 1. The number of alkyl halides is 2. The molecular formula is C10H9Cl2F2NO2. The molecule has 0 unspecified atom stereocenters. The van der Waals surface area contributed by atoms with Crippen molar-refractivity contribution in [2.45, 2.75) is 5.92 Å². The number of rotatable bonds is 4. The van der Waals surface area contributed by atoms with Crippen molar-refractivity contribution in [1.82, 2.24) is 5.32 Å². The van der Waals surface area contributed by atoms with Gasteiger partial charge in [-0.3, -0.25) is 4.79 Å². The van der Waals surface area contributed by atoms with Gasteiger partial charge in [-0.2, -0.15) is 0 Å². The number of carbonyl (C=O) groups is 1. The summed E-state index contributed by atoms with van der Waals surface area (Å²) in [6.07, 6.45) is 0. The lowest BCUT2D eigenvalue weighted by Gasteiger charge is -2.14. The van der Waals surface area contributed by atoms with Gasteiger partial charge in [0.25, 0.3) is 11.8 Å². The van der Waals surface area contributed by atoms with Gasteiger partial charge in [-0.05, 0) is 18.2 Å². The largest absolute Gasteiger partial charge is 0.390 e. The van der Waals surface area contributed by atoms with Crippen LogP contribution in [0.1, 0.15) is 10.4 Å². The van der Waals surface area contributed by atoms with E-state index in [9.17, 15) is 13.6 Å². The fraction of sp³-hybridized carbons (Fsp3) is 0.300. The van der Waals surface area contributed by atoms with E-state index in [1.54, 1.807) is 0 Å². The Morgan fingerprint density at radius 3 is 2.59 bits per heavy atom. The number of nitrogens with one attached hydrogen (secondary N) is 1. The molecule has 0 radical (unpaired) electrons. The molecule has 2 N–H and O–H groups in total. The predicted molar refractivity (Wildman–Crippen MR) is 60.8 cm³/mol. The fourth-order valence-corrected chi connectivity index (χ4v) is 1.53. The van der Waals surface area contributed by atoms with Crippen LogP contribution in [0, 0.1) is 0 Å². The molecule has 94 valence electrons. The Kier molecular flexibility index (Phi) is 4.68. The molecule has 0 aliphatic heterocycles. The van der Waals surface area contributed by atoms with Crippen molar-refractivity contribution in [3.8, 4) is 0 Å². The fourth-order valence-electron chi connectivity index (χ4n) is 1.03. The van der Waals surface area contributed by atoms with E-state index in [-0.39, 0.29) is 10.6 Å². The van der Waals surface area contributed by atoms with Gasteiger partial charge in [-0.25, -0.2) is 8.78 Å². The maximum Gasteiger partial charge on any atom is 0.287 e. The van der Waals surface area contributed by atoms with Crippen molar-refractivity contribution in [1.29, 1.82) is 0 Å². The first kappa shape index (κ1) is 14.2. The highest BCUT2D eigenvalue weighted by Crippen LogP contribution is 2.21. The summed E-state index contributed by atoms with van der Waals surface area (Å²) >= 11 is 11.4. The lowest BCUT2D eigenvalue weighted by atomic mass is 10.2. The molecule has 0 saturated heterocycles. The third kappa shape index (κ3) is 4.11. The first-order chi connectivity index (χ1) is 7.85. The second-order valence-electron chi connectivity index (χ2n) is 3.32. The summed E-state index contributed by atoms with van der Waals surface area (Å²) in [4.78, 5) is 11.5. The quantitative estimate of drug-likeness (QED) is 0.891. The topological polar surface area (TPSA) is 49.3 Å². The molecule has 0 bridgehead atoms. The van der Waals surface area contributed by atoms with Crippen LogP contribution in [-0.4, -0.2) is 30.1 Å². The minimum atomic E-state index is -3.35. The monoisotopic (exact) mass is 283 g/mol. The highest BCUT2D eigenvalue weighted by molar-refractivity contribution is 6.36. The molecule has 3 nitrogen and oxygen atoms in total. The van der Waals surface area contributed by atoms with E-state index in [0.717, 1.165) is 0 Å². The van der Waals surface area contributed by atoms with E-state index in [1.165, 1.54) is 18.2 Å². The third-order valence-corrected chi connectivity index (χ3v) is 2.46. The smallest absolute Gasteiger partial charge is 0.287 e. The molecule has 0 heterocycles. The van der Waals surface area contributed by atoms with Gasteiger partial charge in [0, 0.05) is 5.02 Å². The van der Waals surface area contributed by atoms with Crippen molar-refractivity contribution in [2.75, 3.05) is 13.2 Å². The number of amides is 1. The Bertz CT molecular complexity index is 427. The number of aliphatic hydroxyl groups is 1. The molecule has 0 atom stereocenters. The average Bonchev–Trinajstić information content (AvgIpc) is 2.26. The molecular weight excluding hydrogens is 275 g/mol. The lowest BCUT2D eigenvalue weighted by Crippen LogP contribution is -2.39. The second-order valence-corrected chi connectivity index (χ2v) is 4.16. The molecule has 0 aliphatic rings. The van der Waals surface area contributed by atoms with Crippen molar-refractivity contribution in [3.63, 3.8) is 0 Å². The van der Waals surface area contributed by atoms with Crippen LogP contribution in [0.15, 0.2) is 18.2 Å². The van der Waals surface area contributed by atoms with E-state index in [0.29, 0.717) is 5.02 Å². The normalized spacial score (nSPS) is 11.4. The molecule has 1 aromatic rings. The van der Waals surface area contributed by atoms with Crippen molar-refractivity contribution in [3.05, 3.63) is 33.8 Å². The minimum absolute atomic E-state index is 0.0461. The zero-order chi connectivity index (χ0) is 13.1. The van der Waals surface area contributed by atoms with E-state index >= 15 is 0 Å². The van der Waals surface area contributed by atoms with Crippen LogP contribution in [0.4, 0.5) is 8.78 Å². The van der Waals surface area contributed by atoms with E-state index in [1.807, 2.05) is 5.32 Å². The molecule has 17 heavy (non-hydrogen) atoms. The van der Waals surface area contributed by atoms with Crippen LogP contribution in [0.2, 0.25) is 10.0 Å². The summed E-state index contributed by atoms with van der Waals surface area (Å²) in [7, 11) is 0. The van der Waals surface area contributed by atoms with Crippen LogP contribution in [0.25, 0.3) is 0 Å². The number of hydrogen-bond donors (Lipinski definition) is 2. The van der Waals surface area contributed by atoms with E-state index in [4.69, 9.17) is 28.3 Å². The molecule has 0 fully saturated rings. The molecule has 1 rings (SSSR count). The van der Waals surface area contributed by atoms with Crippen LogP contribution in [0.5, 0.6) is 0 Å². The Morgan fingerprint density at radius 1 is 1.41 bits per heavy atom. The van der Waals surface area contributed by atoms with Gasteiger partial charge in [0.2, 0.25) is 0 Å². The van der Waals surface area contributed by atoms with Gasteiger partial charge < -0.3 is 10.4 Å². The first-order valence-electron chi connectivity index (χ1n) is 4.57. The van der Waals surface area contributed by atoms with Crippen LogP contribution in [0.3, 0.4) is 0 Å². The van der Waals surface area contributed by atoms with Gasteiger partial charge in [-0.1, -0.05) is 23.2 Å². The highest BCUT2D eigenvalue weighted by Gasteiger charge is 2.28. The third-order valence-electron chi connectivity index (χ3n) is 1.91. The Labute approximate surface area is 106 Å². The van der Waals surface area contributed by atoms with Gasteiger partial charge in [0.05, 0.1) is 17.1 Å². The van der Waals surface area contributed by atoms with Crippen molar-refractivity contribution >= 4 is 29.1 Å². The standard InChI is InChI=1S/C10H9Cl2F2NO2/c11-6-1-2-7(8(12)3-6)9(17)15-4-10(13,14)5-16/h1-3,16H,4-5H2,(H,15,17). The number of hydrogen-bond acceptors (Lipinski definition) is 2. The van der Waals surface area contributed by atoms with Crippen LogP contribution in [-0.2, 0) is 0 Å². The van der Waals surface area contributed by atoms with Gasteiger partial charge >= 0.3 is 0 Å². The summed E-state index contributed by atoms with van der Waals surface area (Å²) in [5, 5.41) is 10.7. The zero-order valence-electron chi connectivity index (χ0n) is 8.51. The van der Waals surface area contributed by atoms with E-state index in [2.05, 4.69) is 0 Å². The molecule has 0 aliphatic carbocycles. The molecule has 1 aromatic carbocycles. The summed E-state index contributed by atoms with van der Waals surface area (Å²) in [6.45, 7) is -2.29. The van der Waals surface area contributed by atoms with Crippen LogP contribution >= 0.6 is 23.2 Å². The number of carbonyl (C=O) groups excluding carboxylic acids is 1. The van der Waals surface area contributed by atoms with Gasteiger partial charge in [0.1, 0.15) is 6.61 Å². The maximum atomic E-state index is 12.7. The summed E-state index contributed by atoms with van der Waals surface area (Å²) in [5.74, 6) is -4.10. The van der Waals surface area contributed by atoms with E-state index < -0.39 is 25.0 Å². The highest BCUT2D eigenvalue weighted by atomic mass is 35.5. The SMILES string of the molecule is O=C(NCC(F)(F)CO)c1ccc(Cl)cc1Cl. The van der Waals surface area contributed by atoms with Crippen LogP contribution < -0.4 is 5.32 Å². The van der Waals surface area contributed by atoms with Gasteiger partial charge in [0.15, 0.2) is 0 Å². The molecule has 0 aromatic heterocycles. The predicted octanol–water partition coefficient (Wildman–Crippen LogP) is 2.35. The molecule has 7 heteroatoms. The summed E-state index contributed by atoms with van der Waals surface area (Å²) < 4.78 is 25.3. The number of aliphatic hydroxyl groups excluding tert-OH is 1. The Morgan fingerprint density at radius 2 is 2.06 bits per heavy atom. The first-order valence-corrected chi connectivity index (χ1v) is 5.33. The van der Waals surface area contributed by atoms with Crippen molar-refractivity contribution < 1.29 is 18.7 Å². The van der Waals surface area contributed by atoms with Gasteiger partial charge in [-0.15, -0.1) is 0 Å². The zero-order valence-corrected chi connectivity index (χ0v) is 10.0. The minimum Gasteiger partial charge on any atom is -0.390 e. The lowest BCUT2D eigenvalue weighted by molar-refractivity contribution is -0.0462. The molecule has 0 saturated carbocycles. The molecule has 0 spiro atoms. The Hall–Kier alpha value is -0.910. The average molecular weight is 284 g/mol. The number of halogens is 4. The Balaban J connectivity index is 2.71. The second kappa shape index (κ2) is 5.62. The molecule has 1 amide bonds.